The molecule has 0 amide bonds. The van der Waals surface area contributed by atoms with Crippen molar-refractivity contribution in [1.29, 1.82) is 0 Å². The molecule has 7 heteroatoms. The lowest BCUT2D eigenvalue weighted by Gasteiger charge is -2.17. The Morgan fingerprint density at radius 2 is 2.05 bits per heavy atom. The topological polar surface area (TPSA) is 81.7 Å². The van der Waals surface area contributed by atoms with Crippen LogP contribution in [0.5, 0.6) is 0 Å². The van der Waals surface area contributed by atoms with Crippen molar-refractivity contribution in [2.24, 2.45) is 5.84 Å². The fourth-order valence-corrected chi connectivity index (χ4v) is 2.58. The molecule has 0 aliphatic rings. The number of aryl methyl sites for hydroxylation is 1. The van der Waals surface area contributed by atoms with E-state index in [-0.39, 0.29) is 6.04 Å². The third kappa shape index (κ3) is 2.49. The van der Waals surface area contributed by atoms with E-state index in [9.17, 15) is 0 Å². The zero-order valence-corrected chi connectivity index (χ0v) is 12.2. The van der Waals surface area contributed by atoms with Crippen LogP contribution < -0.4 is 11.3 Å². The Balaban J connectivity index is 2.11. The second-order valence-corrected chi connectivity index (χ2v) is 4.98. The van der Waals surface area contributed by atoms with Crippen LogP contribution >= 0.6 is 11.6 Å². The SMILES string of the molecule is CCn1ncc(Cl)c1C(NN)c1cnc2ccccc2n1. The zero-order chi connectivity index (χ0) is 14.8. The lowest BCUT2D eigenvalue weighted by Crippen LogP contribution is -2.31. The molecular weight excluding hydrogens is 288 g/mol. The molecule has 1 unspecified atom stereocenters. The highest BCUT2D eigenvalue weighted by Crippen LogP contribution is 2.27. The molecule has 0 spiro atoms. The molecule has 0 saturated carbocycles. The minimum absolute atomic E-state index is 0.364. The van der Waals surface area contributed by atoms with E-state index in [2.05, 4.69) is 20.5 Å². The number of aromatic nitrogens is 4. The van der Waals surface area contributed by atoms with E-state index < -0.39 is 0 Å². The van der Waals surface area contributed by atoms with Gasteiger partial charge in [-0.3, -0.25) is 15.5 Å². The second-order valence-electron chi connectivity index (χ2n) is 4.58. The Hall–Kier alpha value is -2.02. The molecule has 2 aromatic heterocycles. The molecule has 0 radical (unpaired) electrons. The number of rotatable bonds is 4. The molecule has 0 fully saturated rings. The Labute approximate surface area is 126 Å². The monoisotopic (exact) mass is 302 g/mol. The quantitative estimate of drug-likeness (QED) is 0.569. The normalized spacial score (nSPS) is 12.7. The van der Waals surface area contributed by atoms with Crippen molar-refractivity contribution >= 4 is 22.6 Å². The van der Waals surface area contributed by atoms with E-state index >= 15 is 0 Å². The van der Waals surface area contributed by atoms with Gasteiger partial charge in [-0.25, -0.2) is 10.4 Å². The lowest BCUT2D eigenvalue weighted by molar-refractivity contribution is 0.535. The van der Waals surface area contributed by atoms with Gasteiger partial charge in [0.25, 0.3) is 0 Å². The Morgan fingerprint density at radius 3 is 2.76 bits per heavy atom. The average molecular weight is 303 g/mol. The summed E-state index contributed by atoms with van der Waals surface area (Å²) in [5, 5.41) is 4.78. The number of hydrazine groups is 1. The summed E-state index contributed by atoms with van der Waals surface area (Å²) in [5.41, 5.74) is 5.89. The molecule has 0 aliphatic carbocycles. The Morgan fingerprint density at radius 1 is 1.29 bits per heavy atom. The summed E-state index contributed by atoms with van der Waals surface area (Å²) >= 11 is 6.24. The summed E-state index contributed by atoms with van der Waals surface area (Å²) in [6, 6.07) is 7.32. The zero-order valence-electron chi connectivity index (χ0n) is 11.5. The van der Waals surface area contributed by atoms with Gasteiger partial charge in [-0.05, 0) is 19.1 Å². The van der Waals surface area contributed by atoms with Crippen LogP contribution in [0.4, 0.5) is 0 Å². The maximum absolute atomic E-state index is 6.24. The van der Waals surface area contributed by atoms with Gasteiger partial charge in [0.2, 0.25) is 0 Å². The van der Waals surface area contributed by atoms with E-state index in [1.807, 2.05) is 31.2 Å². The molecule has 0 aliphatic heterocycles. The number of benzene rings is 1. The van der Waals surface area contributed by atoms with Crippen LogP contribution in [-0.4, -0.2) is 19.7 Å². The van der Waals surface area contributed by atoms with Crippen LogP contribution in [0.25, 0.3) is 11.0 Å². The van der Waals surface area contributed by atoms with Gasteiger partial charge in [-0.2, -0.15) is 5.10 Å². The first kappa shape index (κ1) is 13.9. The molecule has 3 aromatic rings. The van der Waals surface area contributed by atoms with E-state index in [0.29, 0.717) is 17.3 Å². The maximum Gasteiger partial charge on any atom is 0.108 e. The smallest absolute Gasteiger partial charge is 0.108 e. The van der Waals surface area contributed by atoms with E-state index in [1.54, 1.807) is 17.1 Å². The van der Waals surface area contributed by atoms with E-state index in [0.717, 1.165) is 16.7 Å². The van der Waals surface area contributed by atoms with Crippen molar-refractivity contribution in [3.63, 3.8) is 0 Å². The van der Waals surface area contributed by atoms with Crippen LogP contribution in [0.3, 0.4) is 0 Å². The Kier molecular flexibility index (Phi) is 3.83. The molecule has 6 nitrogen and oxygen atoms in total. The molecule has 3 rings (SSSR count). The molecule has 0 bridgehead atoms. The predicted octanol–water partition coefficient (Wildman–Crippen LogP) is 2.05. The highest BCUT2D eigenvalue weighted by molar-refractivity contribution is 6.31. The highest BCUT2D eigenvalue weighted by atomic mass is 35.5. The van der Waals surface area contributed by atoms with Gasteiger partial charge in [0.05, 0.1) is 39.8 Å². The summed E-state index contributed by atoms with van der Waals surface area (Å²) in [6.45, 7) is 2.69. The summed E-state index contributed by atoms with van der Waals surface area (Å²) < 4.78 is 1.80. The van der Waals surface area contributed by atoms with Gasteiger partial charge in [0.1, 0.15) is 6.04 Å². The maximum atomic E-state index is 6.24. The van der Waals surface area contributed by atoms with Gasteiger partial charge < -0.3 is 0 Å². The van der Waals surface area contributed by atoms with Crippen molar-refractivity contribution in [1.82, 2.24) is 25.2 Å². The average Bonchev–Trinajstić information content (AvgIpc) is 2.89. The number of hydrogen-bond donors (Lipinski definition) is 2. The number of nitrogens with zero attached hydrogens (tertiary/aromatic N) is 4. The van der Waals surface area contributed by atoms with Gasteiger partial charge in [0.15, 0.2) is 0 Å². The molecular formula is C14H15ClN6. The fraction of sp³-hybridized carbons (Fsp3) is 0.214. The van der Waals surface area contributed by atoms with Gasteiger partial charge >= 0.3 is 0 Å². The minimum atomic E-state index is -0.364. The summed E-state index contributed by atoms with van der Waals surface area (Å²) in [4.78, 5) is 9.03. The van der Waals surface area contributed by atoms with Crippen LogP contribution in [0.2, 0.25) is 5.02 Å². The van der Waals surface area contributed by atoms with Crippen LogP contribution in [0.1, 0.15) is 24.4 Å². The van der Waals surface area contributed by atoms with Crippen LogP contribution in [0, 0.1) is 0 Å². The van der Waals surface area contributed by atoms with Crippen molar-refractivity contribution < 1.29 is 0 Å². The first-order chi connectivity index (χ1) is 10.2. The number of fused-ring (bicyclic) bond motifs is 1. The van der Waals surface area contributed by atoms with Crippen molar-refractivity contribution in [2.45, 2.75) is 19.5 Å². The third-order valence-corrected chi connectivity index (χ3v) is 3.63. The summed E-state index contributed by atoms with van der Waals surface area (Å²) in [6.07, 6.45) is 3.31. The van der Waals surface area contributed by atoms with Crippen molar-refractivity contribution in [3.05, 3.63) is 53.1 Å². The third-order valence-electron chi connectivity index (χ3n) is 3.34. The molecule has 1 atom stereocenters. The number of hydrogen-bond acceptors (Lipinski definition) is 5. The molecule has 108 valence electrons. The molecule has 1 aromatic carbocycles. The predicted molar refractivity (Wildman–Crippen MR) is 81.6 cm³/mol. The second kappa shape index (κ2) is 5.77. The van der Waals surface area contributed by atoms with E-state index in [4.69, 9.17) is 17.4 Å². The number of halogens is 1. The summed E-state index contributed by atoms with van der Waals surface area (Å²) in [5.74, 6) is 5.72. The van der Waals surface area contributed by atoms with Gasteiger partial charge in [0, 0.05) is 6.54 Å². The summed E-state index contributed by atoms with van der Waals surface area (Å²) in [7, 11) is 0. The standard InChI is InChI=1S/C14H15ClN6/c1-2-21-14(9(15)7-18-21)13(20-16)12-8-17-10-5-3-4-6-11(10)19-12/h3-8,13,20H,2,16H2,1H3. The Bertz CT molecular complexity index is 769. The molecule has 2 heterocycles. The van der Waals surface area contributed by atoms with Gasteiger partial charge in [-0.1, -0.05) is 23.7 Å². The lowest BCUT2D eigenvalue weighted by atomic mass is 10.1. The molecule has 21 heavy (non-hydrogen) atoms. The first-order valence-corrected chi connectivity index (χ1v) is 7.01. The van der Waals surface area contributed by atoms with Gasteiger partial charge in [-0.15, -0.1) is 0 Å². The van der Waals surface area contributed by atoms with Crippen molar-refractivity contribution in [3.8, 4) is 0 Å². The fourth-order valence-electron chi connectivity index (χ4n) is 2.33. The number of nitrogens with one attached hydrogen (secondary N) is 1. The van der Waals surface area contributed by atoms with Crippen LogP contribution in [-0.2, 0) is 6.54 Å². The molecule has 0 saturated heterocycles. The minimum Gasteiger partial charge on any atom is -0.270 e. The van der Waals surface area contributed by atoms with Crippen LogP contribution in [0.15, 0.2) is 36.7 Å². The van der Waals surface area contributed by atoms with Crippen molar-refractivity contribution in [2.75, 3.05) is 0 Å². The van der Waals surface area contributed by atoms with E-state index in [1.165, 1.54) is 0 Å². The highest BCUT2D eigenvalue weighted by Gasteiger charge is 2.22. The first-order valence-electron chi connectivity index (χ1n) is 6.63. The molecule has 3 N–H and O–H groups in total. The largest absolute Gasteiger partial charge is 0.270 e. The number of nitrogens with two attached hydrogens (primary N) is 1. The number of para-hydroxylation sites is 2.